The van der Waals surface area contributed by atoms with E-state index < -0.39 is 0 Å². The summed E-state index contributed by atoms with van der Waals surface area (Å²) in [6.07, 6.45) is 3.26. The highest BCUT2D eigenvalue weighted by molar-refractivity contribution is 6.30. The minimum atomic E-state index is -0.338. The number of nitrogens with zero attached hydrogens (tertiary/aromatic N) is 2. The molecule has 0 aromatic heterocycles. The molecular formula is C17H24ClFN2O. The fourth-order valence-electron chi connectivity index (χ4n) is 3.69. The van der Waals surface area contributed by atoms with Crippen LogP contribution in [-0.2, 0) is 11.3 Å². The lowest BCUT2D eigenvalue weighted by Crippen LogP contribution is -2.48. The molecule has 2 aliphatic rings. The van der Waals surface area contributed by atoms with Gasteiger partial charge in [-0.3, -0.25) is 4.90 Å². The largest absolute Gasteiger partial charge is 0.373 e. The van der Waals surface area contributed by atoms with Crippen LogP contribution in [0.1, 0.15) is 24.8 Å². The van der Waals surface area contributed by atoms with E-state index in [0.29, 0.717) is 6.04 Å². The molecule has 2 fully saturated rings. The molecule has 5 heteroatoms. The van der Waals surface area contributed by atoms with Crippen molar-refractivity contribution in [3.8, 4) is 0 Å². The van der Waals surface area contributed by atoms with Crippen molar-refractivity contribution >= 4 is 11.6 Å². The van der Waals surface area contributed by atoms with Gasteiger partial charge < -0.3 is 9.64 Å². The Kier molecular flexibility index (Phi) is 4.74. The van der Waals surface area contributed by atoms with Crippen molar-refractivity contribution in [2.45, 2.75) is 37.5 Å². The molecule has 1 aromatic rings. The summed E-state index contributed by atoms with van der Waals surface area (Å²) >= 11 is 5.75. The maximum absolute atomic E-state index is 13.6. The van der Waals surface area contributed by atoms with E-state index in [4.69, 9.17) is 16.3 Å². The average Bonchev–Trinajstić information content (AvgIpc) is 2.85. The third kappa shape index (κ3) is 3.46. The van der Waals surface area contributed by atoms with Gasteiger partial charge in [-0.1, -0.05) is 17.7 Å². The van der Waals surface area contributed by atoms with Crippen molar-refractivity contribution in [3.05, 3.63) is 34.6 Å². The molecule has 1 aromatic carbocycles. The van der Waals surface area contributed by atoms with Crippen LogP contribution in [0.15, 0.2) is 18.2 Å². The topological polar surface area (TPSA) is 15.7 Å². The summed E-state index contributed by atoms with van der Waals surface area (Å²) in [5, 5.41) is 0.186. The second kappa shape index (κ2) is 6.44. The van der Waals surface area contributed by atoms with Gasteiger partial charge in [0.1, 0.15) is 5.82 Å². The molecule has 1 spiro atoms. The van der Waals surface area contributed by atoms with Gasteiger partial charge in [-0.05, 0) is 51.1 Å². The second-order valence-electron chi connectivity index (χ2n) is 6.85. The first-order chi connectivity index (χ1) is 10.5. The lowest BCUT2D eigenvalue weighted by atomic mass is 9.89. The van der Waals surface area contributed by atoms with Gasteiger partial charge in [0, 0.05) is 32.3 Å². The number of likely N-dealkylation sites (tertiary alicyclic amines) is 1. The third-order valence-corrected chi connectivity index (χ3v) is 5.29. The van der Waals surface area contributed by atoms with Crippen LogP contribution in [0, 0.1) is 5.82 Å². The molecule has 122 valence electrons. The van der Waals surface area contributed by atoms with Crippen LogP contribution in [0.25, 0.3) is 0 Å². The Hall–Kier alpha value is -0.680. The van der Waals surface area contributed by atoms with Crippen LogP contribution in [0.3, 0.4) is 0 Å². The lowest BCUT2D eigenvalue weighted by molar-refractivity contribution is -0.0932. The number of ether oxygens (including phenoxy) is 1. The Morgan fingerprint density at radius 2 is 2.27 bits per heavy atom. The molecule has 0 unspecified atom stereocenters. The Morgan fingerprint density at radius 1 is 1.45 bits per heavy atom. The Balaban J connectivity index is 1.63. The average molecular weight is 327 g/mol. The van der Waals surface area contributed by atoms with Crippen molar-refractivity contribution in [2.24, 2.45) is 0 Å². The Morgan fingerprint density at radius 3 is 3.00 bits per heavy atom. The van der Waals surface area contributed by atoms with E-state index in [1.165, 1.54) is 6.07 Å². The fourth-order valence-corrected chi connectivity index (χ4v) is 3.80. The minimum Gasteiger partial charge on any atom is -0.373 e. The predicted molar refractivity (Wildman–Crippen MR) is 86.7 cm³/mol. The molecule has 2 saturated heterocycles. The first-order valence-corrected chi connectivity index (χ1v) is 8.32. The minimum absolute atomic E-state index is 0.0157. The van der Waals surface area contributed by atoms with E-state index >= 15 is 0 Å². The Labute approximate surface area is 137 Å². The van der Waals surface area contributed by atoms with Gasteiger partial charge in [0.25, 0.3) is 0 Å². The van der Waals surface area contributed by atoms with Crippen molar-refractivity contribution < 1.29 is 9.13 Å². The number of benzene rings is 1. The second-order valence-corrected chi connectivity index (χ2v) is 7.26. The van der Waals surface area contributed by atoms with Crippen molar-refractivity contribution in [1.82, 2.24) is 9.80 Å². The maximum Gasteiger partial charge on any atom is 0.142 e. The highest BCUT2D eigenvalue weighted by Gasteiger charge is 2.43. The Bertz CT molecular complexity index is 539. The highest BCUT2D eigenvalue weighted by atomic mass is 35.5. The van der Waals surface area contributed by atoms with Gasteiger partial charge in [0.05, 0.1) is 10.6 Å². The van der Waals surface area contributed by atoms with Crippen LogP contribution in [-0.4, -0.2) is 55.2 Å². The molecule has 3 nitrogen and oxygen atoms in total. The zero-order valence-electron chi connectivity index (χ0n) is 13.3. The quantitative estimate of drug-likeness (QED) is 0.848. The summed E-state index contributed by atoms with van der Waals surface area (Å²) in [5.41, 5.74) is 0.956. The number of rotatable bonds is 3. The van der Waals surface area contributed by atoms with Crippen LogP contribution >= 0.6 is 11.6 Å². The molecule has 0 bridgehead atoms. The van der Waals surface area contributed by atoms with Crippen molar-refractivity contribution in [1.29, 1.82) is 0 Å². The van der Waals surface area contributed by atoms with Gasteiger partial charge in [-0.25, -0.2) is 4.39 Å². The zero-order chi connectivity index (χ0) is 15.7. The van der Waals surface area contributed by atoms with Gasteiger partial charge in [0.2, 0.25) is 0 Å². The molecule has 0 saturated carbocycles. The van der Waals surface area contributed by atoms with E-state index in [0.717, 1.165) is 51.1 Å². The van der Waals surface area contributed by atoms with Gasteiger partial charge >= 0.3 is 0 Å². The maximum atomic E-state index is 13.6. The number of hydrogen-bond acceptors (Lipinski definition) is 3. The summed E-state index contributed by atoms with van der Waals surface area (Å²) in [5.74, 6) is -0.338. The standard InChI is InChI=1S/C17H24ClFN2O/c1-20(2)14-5-8-22-17(10-14)6-7-21(12-17)11-13-3-4-15(18)16(19)9-13/h3-4,9,14H,5-8,10-12H2,1-2H3/t14-,17+/m0/s1. The van der Waals surface area contributed by atoms with E-state index in [1.54, 1.807) is 6.07 Å². The molecule has 2 heterocycles. The van der Waals surface area contributed by atoms with Crippen LogP contribution in [0.5, 0.6) is 0 Å². The van der Waals surface area contributed by atoms with Gasteiger partial charge in [0.15, 0.2) is 0 Å². The van der Waals surface area contributed by atoms with Crippen LogP contribution in [0.4, 0.5) is 4.39 Å². The number of halogens is 2. The third-order valence-electron chi connectivity index (χ3n) is 4.98. The van der Waals surface area contributed by atoms with Gasteiger partial charge in [-0.2, -0.15) is 0 Å². The summed E-state index contributed by atoms with van der Waals surface area (Å²) in [7, 11) is 4.29. The molecule has 0 amide bonds. The molecular weight excluding hydrogens is 303 g/mol. The van der Waals surface area contributed by atoms with E-state index in [9.17, 15) is 4.39 Å². The smallest absolute Gasteiger partial charge is 0.142 e. The number of hydrogen-bond donors (Lipinski definition) is 0. The molecule has 22 heavy (non-hydrogen) atoms. The summed E-state index contributed by atoms with van der Waals surface area (Å²) < 4.78 is 19.7. The van der Waals surface area contributed by atoms with Crippen LogP contribution in [0.2, 0.25) is 5.02 Å². The summed E-state index contributed by atoms with van der Waals surface area (Å²) in [4.78, 5) is 4.67. The van der Waals surface area contributed by atoms with Crippen molar-refractivity contribution in [2.75, 3.05) is 33.8 Å². The zero-order valence-corrected chi connectivity index (χ0v) is 14.1. The lowest BCUT2D eigenvalue weighted by Gasteiger charge is -2.40. The van der Waals surface area contributed by atoms with E-state index in [2.05, 4.69) is 23.9 Å². The van der Waals surface area contributed by atoms with Crippen LogP contribution < -0.4 is 0 Å². The summed E-state index contributed by atoms with van der Waals surface area (Å²) in [6.45, 7) is 3.53. The van der Waals surface area contributed by atoms with Crippen molar-refractivity contribution in [3.63, 3.8) is 0 Å². The molecule has 0 aliphatic carbocycles. The van der Waals surface area contributed by atoms with Gasteiger partial charge in [-0.15, -0.1) is 0 Å². The normalized spacial score (nSPS) is 29.6. The molecule has 0 N–H and O–H groups in total. The summed E-state index contributed by atoms with van der Waals surface area (Å²) in [6, 6.07) is 5.68. The first kappa shape index (κ1) is 16.2. The van der Waals surface area contributed by atoms with E-state index in [1.807, 2.05) is 6.07 Å². The molecule has 2 aliphatic heterocycles. The highest BCUT2D eigenvalue weighted by Crippen LogP contribution is 2.36. The fraction of sp³-hybridized carbons (Fsp3) is 0.647. The SMILES string of the molecule is CN(C)[C@H]1CCO[C@]2(CCN(Cc3ccc(Cl)c(F)c3)C2)C1. The first-order valence-electron chi connectivity index (χ1n) is 7.94. The van der Waals surface area contributed by atoms with E-state index in [-0.39, 0.29) is 16.4 Å². The molecule has 0 radical (unpaired) electrons. The monoisotopic (exact) mass is 326 g/mol. The predicted octanol–water partition coefficient (Wildman–Crippen LogP) is 3.16. The molecule has 3 rings (SSSR count). The molecule has 2 atom stereocenters.